The van der Waals surface area contributed by atoms with Crippen LogP contribution in [0.1, 0.15) is 22.8 Å². The molecule has 5 heteroatoms. The molecule has 2 rings (SSSR count). The zero-order valence-electron chi connectivity index (χ0n) is 10.4. The number of thiophene rings is 1. The Kier molecular flexibility index (Phi) is 4.16. The highest BCUT2D eigenvalue weighted by Crippen LogP contribution is 2.19. The number of hydrogen-bond acceptors (Lipinski definition) is 3. The molecule has 2 N–H and O–H groups in total. The smallest absolute Gasteiger partial charge is 0.258 e. The lowest BCUT2D eigenvalue weighted by Gasteiger charge is -2.14. The molecule has 0 radical (unpaired) electrons. The molecular weight excluding hydrogens is 265 g/mol. The van der Waals surface area contributed by atoms with E-state index in [4.69, 9.17) is 0 Å². The molecule has 100 valence electrons. The van der Waals surface area contributed by atoms with Crippen LogP contribution in [0.15, 0.2) is 35.0 Å². The molecule has 0 fully saturated rings. The first kappa shape index (κ1) is 13.5. The summed E-state index contributed by atoms with van der Waals surface area (Å²) in [5.74, 6) is -1.67. The number of nitrogens with one attached hydrogen (secondary N) is 1. The van der Waals surface area contributed by atoms with Crippen molar-refractivity contribution >= 4 is 17.2 Å². The molecule has 1 atom stereocenters. The number of carbonyl (C=O) groups is 1. The highest BCUT2D eigenvalue weighted by molar-refractivity contribution is 7.07. The third kappa shape index (κ3) is 3.32. The Labute approximate surface area is 114 Å². The number of rotatable bonds is 4. The van der Waals surface area contributed by atoms with Crippen molar-refractivity contribution in [1.29, 1.82) is 0 Å². The van der Waals surface area contributed by atoms with Gasteiger partial charge >= 0.3 is 0 Å². The van der Waals surface area contributed by atoms with Gasteiger partial charge in [-0.1, -0.05) is 6.07 Å². The van der Waals surface area contributed by atoms with Gasteiger partial charge in [-0.3, -0.25) is 4.79 Å². The molecule has 0 aliphatic rings. The Hall–Kier alpha value is -1.88. The van der Waals surface area contributed by atoms with Crippen molar-refractivity contribution in [2.75, 3.05) is 0 Å². The van der Waals surface area contributed by atoms with Crippen LogP contribution in [0.2, 0.25) is 0 Å². The van der Waals surface area contributed by atoms with Gasteiger partial charge in [0.25, 0.3) is 5.91 Å². The lowest BCUT2D eigenvalue weighted by molar-refractivity contribution is 0.0933. The van der Waals surface area contributed by atoms with Crippen molar-refractivity contribution in [1.82, 2.24) is 5.32 Å². The number of phenolic OH excluding ortho intramolecular Hbond substituents is 1. The Morgan fingerprint density at radius 2 is 2.26 bits per heavy atom. The van der Waals surface area contributed by atoms with Gasteiger partial charge in [0.1, 0.15) is 17.1 Å². The lowest BCUT2D eigenvalue weighted by Crippen LogP contribution is -2.34. The number of benzene rings is 1. The van der Waals surface area contributed by atoms with E-state index in [9.17, 15) is 14.3 Å². The van der Waals surface area contributed by atoms with Crippen molar-refractivity contribution in [2.24, 2.45) is 0 Å². The van der Waals surface area contributed by atoms with E-state index in [0.717, 1.165) is 11.6 Å². The van der Waals surface area contributed by atoms with Gasteiger partial charge in [-0.25, -0.2) is 4.39 Å². The minimum atomic E-state index is -0.722. The third-order valence-electron chi connectivity index (χ3n) is 2.72. The van der Waals surface area contributed by atoms with Crippen molar-refractivity contribution < 1.29 is 14.3 Å². The lowest BCUT2D eigenvalue weighted by atomic mass is 10.1. The van der Waals surface area contributed by atoms with E-state index < -0.39 is 11.7 Å². The monoisotopic (exact) mass is 279 g/mol. The van der Waals surface area contributed by atoms with Crippen LogP contribution in [0.25, 0.3) is 0 Å². The normalized spacial score (nSPS) is 12.1. The van der Waals surface area contributed by atoms with Gasteiger partial charge in [0.2, 0.25) is 0 Å². The summed E-state index contributed by atoms with van der Waals surface area (Å²) in [7, 11) is 0. The molecule has 0 aliphatic heterocycles. The number of halogens is 1. The van der Waals surface area contributed by atoms with Crippen LogP contribution in [0.4, 0.5) is 4.39 Å². The summed E-state index contributed by atoms with van der Waals surface area (Å²) in [6.45, 7) is 1.84. The minimum absolute atomic E-state index is 0.138. The van der Waals surface area contributed by atoms with Gasteiger partial charge in [0.15, 0.2) is 0 Å². The standard InChI is InChI=1S/C14H14FNO2S/c1-9(7-10-5-6-19-8-10)16-14(18)13-11(15)3-2-4-12(13)17/h2-6,8-9,17H,7H2,1H3,(H,16,18). The summed E-state index contributed by atoms with van der Waals surface area (Å²) in [6, 6.07) is 5.64. The molecule has 19 heavy (non-hydrogen) atoms. The summed E-state index contributed by atoms with van der Waals surface area (Å²) >= 11 is 1.59. The van der Waals surface area contributed by atoms with E-state index in [-0.39, 0.29) is 17.4 Å². The van der Waals surface area contributed by atoms with E-state index >= 15 is 0 Å². The molecule has 0 aliphatic carbocycles. The summed E-state index contributed by atoms with van der Waals surface area (Å²) in [4.78, 5) is 11.9. The number of amides is 1. The molecule has 1 amide bonds. The van der Waals surface area contributed by atoms with Crippen LogP contribution >= 0.6 is 11.3 Å². The first-order valence-corrected chi connectivity index (χ1v) is 6.81. The van der Waals surface area contributed by atoms with Crippen LogP contribution in [0, 0.1) is 5.82 Å². The highest BCUT2D eigenvalue weighted by atomic mass is 32.1. The summed E-state index contributed by atoms with van der Waals surface area (Å²) in [5, 5.41) is 16.2. The Balaban J connectivity index is 2.04. The van der Waals surface area contributed by atoms with Gasteiger partial charge in [0.05, 0.1) is 0 Å². The van der Waals surface area contributed by atoms with Gasteiger partial charge in [-0.05, 0) is 47.9 Å². The predicted molar refractivity (Wildman–Crippen MR) is 73.0 cm³/mol. The van der Waals surface area contributed by atoms with Gasteiger partial charge in [-0.2, -0.15) is 11.3 Å². The zero-order chi connectivity index (χ0) is 13.8. The molecule has 0 saturated carbocycles. The molecule has 0 bridgehead atoms. The molecular formula is C14H14FNO2S. The minimum Gasteiger partial charge on any atom is -0.507 e. The molecule has 1 aromatic carbocycles. The van der Waals surface area contributed by atoms with Crippen LogP contribution in [0.3, 0.4) is 0 Å². The Morgan fingerprint density at radius 1 is 1.47 bits per heavy atom. The van der Waals surface area contributed by atoms with Gasteiger partial charge < -0.3 is 10.4 Å². The van der Waals surface area contributed by atoms with Crippen molar-refractivity contribution in [3.63, 3.8) is 0 Å². The number of carbonyl (C=O) groups excluding carboxylic acids is 1. The average molecular weight is 279 g/mol. The highest BCUT2D eigenvalue weighted by Gasteiger charge is 2.18. The molecule has 3 nitrogen and oxygen atoms in total. The first-order valence-electron chi connectivity index (χ1n) is 5.87. The van der Waals surface area contributed by atoms with E-state index in [1.807, 2.05) is 23.8 Å². The maximum Gasteiger partial charge on any atom is 0.258 e. The van der Waals surface area contributed by atoms with Crippen molar-refractivity contribution in [3.05, 3.63) is 52.0 Å². The fourth-order valence-electron chi connectivity index (χ4n) is 1.85. The van der Waals surface area contributed by atoms with Crippen LogP contribution < -0.4 is 5.32 Å². The Morgan fingerprint density at radius 3 is 2.89 bits per heavy atom. The number of aromatic hydroxyl groups is 1. The second-order valence-electron chi connectivity index (χ2n) is 4.34. The van der Waals surface area contributed by atoms with Crippen molar-refractivity contribution in [3.8, 4) is 5.75 Å². The molecule has 2 aromatic rings. The second kappa shape index (κ2) is 5.84. The molecule has 1 heterocycles. The maximum absolute atomic E-state index is 13.5. The maximum atomic E-state index is 13.5. The fraction of sp³-hybridized carbons (Fsp3) is 0.214. The van der Waals surface area contributed by atoms with Crippen LogP contribution in [0.5, 0.6) is 5.75 Å². The average Bonchev–Trinajstić information content (AvgIpc) is 2.81. The summed E-state index contributed by atoms with van der Waals surface area (Å²) in [5.41, 5.74) is 0.815. The van der Waals surface area contributed by atoms with Crippen LogP contribution in [-0.2, 0) is 6.42 Å². The second-order valence-corrected chi connectivity index (χ2v) is 5.12. The van der Waals surface area contributed by atoms with Crippen LogP contribution in [-0.4, -0.2) is 17.1 Å². The molecule has 1 unspecified atom stereocenters. The molecule has 0 spiro atoms. The fourth-order valence-corrected chi connectivity index (χ4v) is 2.53. The van der Waals surface area contributed by atoms with Gasteiger partial charge in [0, 0.05) is 6.04 Å². The third-order valence-corrected chi connectivity index (χ3v) is 3.45. The number of hydrogen-bond donors (Lipinski definition) is 2. The largest absolute Gasteiger partial charge is 0.507 e. The van der Waals surface area contributed by atoms with E-state index in [2.05, 4.69) is 5.32 Å². The van der Waals surface area contributed by atoms with Gasteiger partial charge in [-0.15, -0.1) is 0 Å². The quantitative estimate of drug-likeness (QED) is 0.904. The Bertz CT molecular complexity index is 549. The first-order chi connectivity index (χ1) is 9.08. The van der Waals surface area contributed by atoms with E-state index in [1.165, 1.54) is 12.1 Å². The number of phenols is 1. The SMILES string of the molecule is CC(Cc1ccsc1)NC(=O)c1c(O)cccc1F. The molecule has 1 aromatic heterocycles. The topological polar surface area (TPSA) is 49.3 Å². The van der Waals surface area contributed by atoms with Crippen molar-refractivity contribution in [2.45, 2.75) is 19.4 Å². The summed E-state index contributed by atoms with van der Waals surface area (Å²) < 4.78 is 13.5. The predicted octanol–water partition coefficient (Wildman–Crippen LogP) is 2.95. The molecule has 0 saturated heterocycles. The zero-order valence-corrected chi connectivity index (χ0v) is 11.2. The van der Waals surface area contributed by atoms with E-state index in [1.54, 1.807) is 11.3 Å². The van der Waals surface area contributed by atoms with E-state index in [0.29, 0.717) is 6.42 Å². The summed E-state index contributed by atoms with van der Waals surface area (Å²) in [6.07, 6.45) is 0.671.